The largest absolute Gasteiger partial charge is 0.493 e. The Balaban J connectivity index is 1.53. The minimum Gasteiger partial charge on any atom is -0.493 e. The van der Waals surface area contributed by atoms with Gasteiger partial charge in [0, 0.05) is 34.2 Å². The third kappa shape index (κ3) is 4.20. The Morgan fingerprint density at radius 3 is 2.69 bits per heavy atom. The average molecular weight is 408 g/mol. The fourth-order valence-electron chi connectivity index (χ4n) is 2.84. The molecule has 2 aromatic heterocycles. The lowest BCUT2D eigenvalue weighted by molar-refractivity contribution is 0.103. The molecule has 146 valence electrons. The molecule has 0 aliphatic carbocycles. The number of thiophene rings is 1. The van der Waals surface area contributed by atoms with Crippen molar-refractivity contribution in [2.24, 2.45) is 0 Å². The number of methoxy groups -OCH3 is 1. The van der Waals surface area contributed by atoms with Gasteiger partial charge in [-0.3, -0.25) is 9.78 Å². The van der Waals surface area contributed by atoms with E-state index in [1.165, 1.54) is 17.4 Å². The van der Waals surface area contributed by atoms with Crippen molar-refractivity contribution in [3.63, 3.8) is 0 Å². The molecule has 2 aromatic carbocycles. The second kappa shape index (κ2) is 8.28. The van der Waals surface area contributed by atoms with Gasteiger partial charge in [-0.2, -0.15) is 0 Å². The molecule has 0 saturated carbocycles. The predicted molar refractivity (Wildman–Crippen MR) is 111 cm³/mol. The second-order valence-electron chi connectivity index (χ2n) is 6.23. The van der Waals surface area contributed by atoms with E-state index in [1.54, 1.807) is 55.9 Å². The number of amides is 1. The fourth-order valence-corrected chi connectivity index (χ4v) is 3.81. The molecule has 0 spiro atoms. The molecule has 0 bridgehead atoms. The number of nitrogens with zero attached hydrogens (tertiary/aromatic N) is 1. The molecule has 29 heavy (non-hydrogen) atoms. The highest BCUT2D eigenvalue weighted by atomic mass is 32.1. The molecule has 0 fully saturated rings. The van der Waals surface area contributed by atoms with Crippen LogP contribution < -0.4 is 14.8 Å². The lowest BCUT2D eigenvalue weighted by atomic mass is 10.2. The molecule has 1 amide bonds. The molecule has 0 saturated heterocycles. The molecule has 1 N–H and O–H groups in total. The van der Waals surface area contributed by atoms with Gasteiger partial charge in [-0.1, -0.05) is 6.07 Å². The van der Waals surface area contributed by atoms with Gasteiger partial charge in [0.15, 0.2) is 11.5 Å². The molecule has 0 aliphatic rings. The molecule has 7 heteroatoms. The van der Waals surface area contributed by atoms with E-state index in [2.05, 4.69) is 10.3 Å². The van der Waals surface area contributed by atoms with Crippen LogP contribution in [0, 0.1) is 5.82 Å². The molecule has 0 atom stereocenters. The first-order valence-corrected chi connectivity index (χ1v) is 9.65. The zero-order valence-corrected chi connectivity index (χ0v) is 16.3. The van der Waals surface area contributed by atoms with Crippen LogP contribution in [0.5, 0.6) is 11.5 Å². The van der Waals surface area contributed by atoms with Gasteiger partial charge < -0.3 is 14.8 Å². The maximum absolute atomic E-state index is 13.9. The number of pyridine rings is 1. The van der Waals surface area contributed by atoms with E-state index in [4.69, 9.17) is 9.47 Å². The average Bonchev–Trinajstić information content (AvgIpc) is 3.19. The smallest absolute Gasteiger partial charge is 0.265 e. The SMILES string of the molecule is COc1ccc(NC(=O)c2cc3c(F)cccc3s2)cc1OCc1ccncc1. The number of hydrogen-bond acceptors (Lipinski definition) is 5. The van der Waals surface area contributed by atoms with Crippen molar-refractivity contribution in [3.8, 4) is 11.5 Å². The zero-order chi connectivity index (χ0) is 20.2. The van der Waals surface area contributed by atoms with Gasteiger partial charge in [0.2, 0.25) is 0 Å². The predicted octanol–water partition coefficient (Wildman–Crippen LogP) is 5.28. The van der Waals surface area contributed by atoms with Crippen molar-refractivity contribution in [2.75, 3.05) is 12.4 Å². The van der Waals surface area contributed by atoms with Gasteiger partial charge in [-0.05, 0) is 48.0 Å². The second-order valence-corrected chi connectivity index (χ2v) is 7.31. The van der Waals surface area contributed by atoms with Crippen LogP contribution in [0.2, 0.25) is 0 Å². The Morgan fingerprint density at radius 2 is 1.93 bits per heavy atom. The first-order valence-electron chi connectivity index (χ1n) is 8.83. The van der Waals surface area contributed by atoms with Gasteiger partial charge in [0.25, 0.3) is 5.91 Å². The van der Waals surface area contributed by atoms with E-state index in [0.717, 1.165) is 10.3 Å². The molecule has 5 nitrogen and oxygen atoms in total. The lowest BCUT2D eigenvalue weighted by Crippen LogP contribution is -2.10. The fraction of sp³-hybridized carbons (Fsp3) is 0.0909. The van der Waals surface area contributed by atoms with Crippen molar-refractivity contribution in [1.29, 1.82) is 0 Å². The standard InChI is InChI=1S/C22H17FN2O3S/c1-27-18-6-5-15(11-19(18)28-13-14-7-9-24-10-8-14)25-22(26)21-12-16-17(23)3-2-4-20(16)29-21/h2-12H,13H2,1H3,(H,25,26). The summed E-state index contributed by atoms with van der Waals surface area (Å²) in [4.78, 5) is 17.0. The number of rotatable bonds is 6. The summed E-state index contributed by atoms with van der Waals surface area (Å²) in [5.41, 5.74) is 1.52. The molecule has 0 aliphatic heterocycles. The van der Waals surface area contributed by atoms with E-state index < -0.39 is 0 Å². The molecule has 0 unspecified atom stereocenters. The van der Waals surface area contributed by atoms with E-state index in [0.29, 0.717) is 34.1 Å². The number of nitrogens with one attached hydrogen (secondary N) is 1. The molecule has 2 heterocycles. The van der Waals surface area contributed by atoms with E-state index in [9.17, 15) is 9.18 Å². The summed E-state index contributed by atoms with van der Waals surface area (Å²) in [6, 6.07) is 15.2. The molecular formula is C22H17FN2O3S. The van der Waals surface area contributed by atoms with Crippen molar-refractivity contribution in [1.82, 2.24) is 4.98 Å². The quantitative estimate of drug-likeness (QED) is 0.472. The van der Waals surface area contributed by atoms with Gasteiger partial charge in [-0.15, -0.1) is 11.3 Å². The van der Waals surface area contributed by atoms with Gasteiger partial charge >= 0.3 is 0 Å². The minimum absolute atomic E-state index is 0.309. The van der Waals surface area contributed by atoms with E-state index in [1.807, 2.05) is 12.1 Å². The summed E-state index contributed by atoms with van der Waals surface area (Å²) >= 11 is 1.24. The van der Waals surface area contributed by atoms with E-state index in [-0.39, 0.29) is 11.7 Å². The monoisotopic (exact) mass is 408 g/mol. The Hall–Kier alpha value is -3.45. The number of halogens is 1. The van der Waals surface area contributed by atoms with Gasteiger partial charge in [-0.25, -0.2) is 4.39 Å². The maximum atomic E-state index is 13.9. The van der Waals surface area contributed by atoms with Crippen LogP contribution in [0.15, 0.2) is 67.0 Å². The normalized spacial score (nSPS) is 10.7. The number of anilines is 1. The number of carbonyl (C=O) groups excluding carboxylic acids is 1. The Labute approximate surface area is 170 Å². The van der Waals surface area contributed by atoms with Crippen LogP contribution >= 0.6 is 11.3 Å². The van der Waals surface area contributed by atoms with Crippen LogP contribution in [0.1, 0.15) is 15.2 Å². The highest BCUT2D eigenvalue weighted by Gasteiger charge is 2.14. The number of aromatic nitrogens is 1. The third-order valence-electron chi connectivity index (χ3n) is 4.30. The van der Waals surface area contributed by atoms with Crippen LogP contribution in [-0.4, -0.2) is 18.0 Å². The molecule has 4 rings (SSSR count). The number of benzene rings is 2. The Morgan fingerprint density at radius 1 is 1.10 bits per heavy atom. The van der Waals surface area contributed by atoms with Crippen LogP contribution in [0.3, 0.4) is 0 Å². The Bertz CT molecular complexity index is 1160. The highest BCUT2D eigenvalue weighted by Crippen LogP contribution is 2.32. The van der Waals surface area contributed by atoms with Crippen molar-refractivity contribution in [2.45, 2.75) is 6.61 Å². The summed E-state index contributed by atoms with van der Waals surface area (Å²) in [5.74, 6) is 0.412. The van der Waals surface area contributed by atoms with Crippen molar-refractivity contribution < 1.29 is 18.7 Å². The summed E-state index contributed by atoms with van der Waals surface area (Å²) in [6.45, 7) is 0.339. The molecule has 0 radical (unpaired) electrons. The third-order valence-corrected chi connectivity index (χ3v) is 5.40. The zero-order valence-electron chi connectivity index (χ0n) is 15.5. The summed E-state index contributed by atoms with van der Waals surface area (Å²) < 4.78 is 25.8. The number of ether oxygens (including phenoxy) is 2. The maximum Gasteiger partial charge on any atom is 0.265 e. The number of fused-ring (bicyclic) bond motifs is 1. The Kier molecular flexibility index (Phi) is 5.39. The van der Waals surface area contributed by atoms with Gasteiger partial charge in [0.1, 0.15) is 12.4 Å². The van der Waals surface area contributed by atoms with Crippen molar-refractivity contribution >= 4 is 33.0 Å². The topological polar surface area (TPSA) is 60.5 Å². The van der Waals surface area contributed by atoms with Crippen molar-refractivity contribution in [3.05, 3.63) is 83.2 Å². The first kappa shape index (κ1) is 18.9. The molecule has 4 aromatic rings. The summed E-state index contributed by atoms with van der Waals surface area (Å²) in [5, 5.41) is 3.28. The van der Waals surface area contributed by atoms with E-state index >= 15 is 0 Å². The van der Waals surface area contributed by atoms with Crippen LogP contribution in [0.4, 0.5) is 10.1 Å². The minimum atomic E-state index is -0.339. The highest BCUT2D eigenvalue weighted by molar-refractivity contribution is 7.20. The number of hydrogen-bond donors (Lipinski definition) is 1. The molecular weight excluding hydrogens is 391 g/mol. The van der Waals surface area contributed by atoms with Crippen LogP contribution in [0.25, 0.3) is 10.1 Å². The first-order chi connectivity index (χ1) is 14.1. The summed E-state index contributed by atoms with van der Waals surface area (Å²) in [7, 11) is 1.55. The lowest BCUT2D eigenvalue weighted by Gasteiger charge is -2.13. The van der Waals surface area contributed by atoms with Gasteiger partial charge in [0.05, 0.1) is 12.0 Å². The van der Waals surface area contributed by atoms with Crippen LogP contribution in [-0.2, 0) is 6.61 Å². The number of carbonyl (C=O) groups is 1. The summed E-state index contributed by atoms with van der Waals surface area (Å²) in [6.07, 6.45) is 3.39.